The van der Waals surface area contributed by atoms with E-state index in [2.05, 4.69) is 72.8 Å². The van der Waals surface area contributed by atoms with Gasteiger partial charge in [-0.2, -0.15) is 0 Å². The van der Waals surface area contributed by atoms with E-state index < -0.39 is 97.5 Å². The quantitative estimate of drug-likeness (QED) is 0.0169. The van der Waals surface area contributed by atoms with Crippen molar-refractivity contribution < 1.29 is 80.2 Å². The van der Waals surface area contributed by atoms with Crippen LogP contribution >= 0.6 is 15.6 Å². The summed E-state index contributed by atoms with van der Waals surface area (Å²) in [6.07, 6.45) is 64.4. The summed E-state index contributed by atoms with van der Waals surface area (Å²) < 4.78 is 68.8. The molecule has 0 aliphatic carbocycles. The molecule has 0 amide bonds. The van der Waals surface area contributed by atoms with Crippen LogP contribution in [-0.2, 0) is 65.4 Å². The molecular weight excluding hydrogens is 1330 g/mol. The first-order valence-corrected chi connectivity index (χ1v) is 45.2. The van der Waals surface area contributed by atoms with Crippen molar-refractivity contribution in [2.45, 2.75) is 426 Å². The lowest BCUT2D eigenvalue weighted by molar-refractivity contribution is -0.161. The second-order valence-corrected chi connectivity index (χ2v) is 33.0. The molecule has 0 heterocycles. The number of allylic oxidation sites excluding steroid dienone is 4. The topological polar surface area (TPSA) is 237 Å². The largest absolute Gasteiger partial charge is 0.472 e. The van der Waals surface area contributed by atoms with Crippen LogP contribution in [0.5, 0.6) is 0 Å². The molecule has 0 aliphatic rings. The molecule has 0 saturated carbocycles. The van der Waals surface area contributed by atoms with E-state index in [-0.39, 0.29) is 25.7 Å². The highest BCUT2D eigenvalue weighted by Crippen LogP contribution is 2.45. The summed E-state index contributed by atoms with van der Waals surface area (Å²) in [6, 6.07) is 0. The second kappa shape index (κ2) is 72.7. The van der Waals surface area contributed by atoms with Crippen LogP contribution in [0.25, 0.3) is 0 Å². The van der Waals surface area contributed by atoms with Crippen molar-refractivity contribution >= 4 is 39.5 Å². The number of phosphoric acid groups is 2. The summed E-state index contributed by atoms with van der Waals surface area (Å²) in [5.74, 6) is 0.278. The number of unbranched alkanes of at least 4 members (excludes halogenated alkanes) is 42. The predicted molar refractivity (Wildman–Crippen MR) is 418 cm³/mol. The fraction of sp³-hybridized carbons (Fsp3) is 0.904. The lowest BCUT2D eigenvalue weighted by Crippen LogP contribution is -2.30. The molecule has 4 unspecified atom stereocenters. The molecule has 0 aliphatic heterocycles. The van der Waals surface area contributed by atoms with Gasteiger partial charge >= 0.3 is 39.5 Å². The number of aliphatic hydroxyl groups is 1. The lowest BCUT2D eigenvalue weighted by atomic mass is 9.99. The van der Waals surface area contributed by atoms with E-state index in [0.29, 0.717) is 25.7 Å². The van der Waals surface area contributed by atoms with Gasteiger partial charge in [-0.3, -0.25) is 37.3 Å². The summed E-state index contributed by atoms with van der Waals surface area (Å²) in [4.78, 5) is 73.1. The molecule has 0 spiro atoms. The molecule has 3 N–H and O–H groups in total. The van der Waals surface area contributed by atoms with Crippen LogP contribution in [-0.4, -0.2) is 96.7 Å². The number of carbonyl (C=O) groups is 4. The molecule has 602 valence electrons. The van der Waals surface area contributed by atoms with E-state index in [1.807, 2.05) is 0 Å². The number of ether oxygens (including phenoxy) is 4. The average Bonchev–Trinajstić information content (AvgIpc) is 0.959. The summed E-state index contributed by atoms with van der Waals surface area (Å²) in [5, 5.41) is 10.7. The number of carbonyl (C=O) groups excluding carboxylic acids is 4. The van der Waals surface area contributed by atoms with E-state index in [1.54, 1.807) is 0 Å². The Bertz CT molecular complexity index is 2070. The Morgan fingerprint density at radius 1 is 0.324 bits per heavy atom. The zero-order valence-corrected chi connectivity index (χ0v) is 68.4. The molecule has 0 rings (SSSR count). The minimum Gasteiger partial charge on any atom is -0.462 e. The van der Waals surface area contributed by atoms with Crippen molar-refractivity contribution in [3.63, 3.8) is 0 Å². The summed E-state index contributed by atoms with van der Waals surface area (Å²) in [6.45, 7) is 12.0. The van der Waals surface area contributed by atoms with Gasteiger partial charge in [-0.15, -0.1) is 0 Å². The predicted octanol–water partition coefficient (Wildman–Crippen LogP) is 24.5. The highest BCUT2D eigenvalue weighted by Gasteiger charge is 2.30. The molecule has 17 nitrogen and oxygen atoms in total. The second-order valence-electron chi connectivity index (χ2n) is 30.1. The van der Waals surface area contributed by atoms with E-state index >= 15 is 0 Å². The monoisotopic (exact) mass is 1490 g/mol. The van der Waals surface area contributed by atoms with Crippen molar-refractivity contribution in [3.05, 3.63) is 24.3 Å². The van der Waals surface area contributed by atoms with Crippen molar-refractivity contribution in [3.8, 4) is 0 Å². The van der Waals surface area contributed by atoms with Gasteiger partial charge in [-0.05, 0) is 69.1 Å². The molecule has 102 heavy (non-hydrogen) atoms. The Hall–Kier alpha value is -2.46. The van der Waals surface area contributed by atoms with Gasteiger partial charge in [-0.25, -0.2) is 9.13 Å². The fourth-order valence-electron chi connectivity index (χ4n) is 12.2. The first kappa shape index (κ1) is 99.5. The number of hydrogen-bond donors (Lipinski definition) is 3. The van der Waals surface area contributed by atoms with Crippen LogP contribution < -0.4 is 0 Å². The van der Waals surface area contributed by atoms with Crippen molar-refractivity contribution in [1.29, 1.82) is 0 Å². The Morgan fingerprint density at radius 2 is 0.578 bits per heavy atom. The fourth-order valence-corrected chi connectivity index (χ4v) is 13.8. The normalized spacial score (nSPS) is 14.6. The zero-order valence-electron chi connectivity index (χ0n) is 66.6. The van der Waals surface area contributed by atoms with Crippen LogP contribution in [0.4, 0.5) is 0 Å². The van der Waals surface area contributed by atoms with Gasteiger partial charge < -0.3 is 33.8 Å². The van der Waals surface area contributed by atoms with Gasteiger partial charge in [-0.1, -0.05) is 355 Å². The highest BCUT2D eigenvalue weighted by molar-refractivity contribution is 7.47. The molecule has 0 radical (unpaired) electrons. The standard InChI is InChI=1S/C83H158O17P2/c1-8-11-12-13-14-15-16-17-18-26-31-36-45-52-59-66-83(88)100-79(71-94-81(86)65-58-51-44-39-38-42-49-56-63-76(7)10-3)73-98-102(91,92)96-69-77(84)68-95-101(89,90)97-72-78(70-93-80(85)64-57-50-43-35-30-25-21-19-23-28-33-40-47-54-61-74(4)5)99-82(87)67-60-53-46-37-32-27-22-20-24-29-34-41-48-55-62-75(6)9-2/h15-18,74-79,84H,8-14,19-73H2,1-7H3,(H,89,90)(H,91,92)/b16-15-,18-17-/t75?,76?,77-,78-,79-/m1/s1. The van der Waals surface area contributed by atoms with Gasteiger partial charge in [0.05, 0.1) is 26.4 Å². The van der Waals surface area contributed by atoms with Crippen LogP contribution in [0.3, 0.4) is 0 Å². The number of rotatable bonds is 79. The maximum Gasteiger partial charge on any atom is 0.472 e. The van der Waals surface area contributed by atoms with Gasteiger partial charge in [0, 0.05) is 25.7 Å². The van der Waals surface area contributed by atoms with Gasteiger partial charge in [0.15, 0.2) is 12.2 Å². The first-order chi connectivity index (χ1) is 49.3. The third-order valence-corrected chi connectivity index (χ3v) is 21.4. The SMILES string of the molecule is CCCCCC/C=C\C=C/CCCCCCCC(=O)O[C@H](COC(=O)CCCCCCCCCCC(C)CC)COP(=O)(O)OC[C@H](O)COP(=O)(O)OC[C@@H](COC(=O)CCCCCCCCCCCCCCCCC(C)C)OC(=O)CCCCCCCCCCCCCCCCC(C)CC. The Kier molecular flexibility index (Phi) is 71.0. The van der Waals surface area contributed by atoms with Crippen molar-refractivity contribution in [1.82, 2.24) is 0 Å². The Morgan fingerprint density at radius 3 is 0.873 bits per heavy atom. The van der Waals surface area contributed by atoms with E-state index in [0.717, 1.165) is 120 Å². The lowest BCUT2D eigenvalue weighted by Gasteiger charge is -2.21. The number of hydrogen-bond acceptors (Lipinski definition) is 15. The van der Waals surface area contributed by atoms with Crippen LogP contribution in [0.15, 0.2) is 24.3 Å². The molecule has 7 atom stereocenters. The molecule has 0 aromatic heterocycles. The first-order valence-electron chi connectivity index (χ1n) is 42.2. The van der Waals surface area contributed by atoms with E-state index in [4.69, 9.17) is 37.0 Å². The number of aliphatic hydroxyl groups excluding tert-OH is 1. The maximum absolute atomic E-state index is 13.1. The summed E-state index contributed by atoms with van der Waals surface area (Å²) in [7, 11) is -9.94. The van der Waals surface area contributed by atoms with Crippen LogP contribution in [0, 0.1) is 17.8 Å². The minimum absolute atomic E-state index is 0.0845. The van der Waals surface area contributed by atoms with Gasteiger partial charge in [0.1, 0.15) is 19.3 Å². The summed E-state index contributed by atoms with van der Waals surface area (Å²) >= 11 is 0. The van der Waals surface area contributed by atoms with Crippen LogP contribution in [0.2, 0.25) is 0 Å². The van der Waals surface area contributed by atoms with Crippen LogP contribution in [0.1, 0.15) is 408 Å². The third-order valence-electron chi connectivity index (χ3n) is 19.5. The molecule has 0 saturated heterocycles. The zero-order chi connectivity index (χ0) is 75.1. The van der Waals surface area contributed by atoms with E-state index in [9.17, 15) is 43.2 Å². The van der Waals surface area contributed by atoms with E-state index in [1.165, 1.54) is 205 Å². The molecular formula is C83H158O17P2. The maximum atomic E-state index is 13.1. The molecule has 19 heteroatoms. The van der Waals surface area contributed by atoms with Crippen molar-refractivity contribution in [2.24, 2.45) is 17.8 Å². The molecule has 0 aromatic rings. The smallest absolute Gasteiger partial charge is 0.462 e. The molecule has 0 bridgehead atoms. The third kappa shape index (κ3) is 73.1. The number of phosphoric ester groups is 2. The van der Waals surface area contributed by atoms with Crippen molar-refractivity contribution in [2.75, 3.05) is 39.6 Å². The Balaban J connectivity index is 5.31. The minimum atomic E-state index is -4.97. The summed E-state index contributed by atoms with van der Waals surface area (Å²) in [5.41, 5.74) is 0. The Labute approximate surface area is 624 Å². The number of esters is 4. The average molecular weight is 1490 g/mol. The van der Waals surface area contributed by atoms with Gasteiger partial charge in [0.2, 0.25) is 0 Å². The molecule has 0 aromatic carbocycles. The molecule has 0 fully saturated rings. The van der Waals surface area contributed by atoms with Gasteiger partial charge in [0.25, 0.3) is 0 Å². The highest BCUT2D eigenvalue weighted by atomic mass is 31.2.